The van der Waals surface area contributed by atoms with Gasteiger partial charge in [0.05, 0.1) is 0 Å². The van der Waals surface area contributed by atoms with Gasteiger partial charge in [0.25, 0.3) is 0 Å². The number of hydrogen-bond acceptors (Lipinski definition) is 4. The fourth-order valence-corrected chi connectivity index (χ4v) is 1.99. The summed E-state index contributed by atoms with van der Waals surface area (Å²) in [5.74, 6) is 1.77. The largest absolute Gasteiger partial charge is 0.441 e. The molecule has 0 aliphatic carbocycles. The predicted molar refractivity (Wildman–Crippen MR) is 74.6 cm³/mol. The molecular formula is C14H21N3O. The Morgan fingerprint density at radius 1 is 1.39 bits per heavy atom. The molecule has 0 amide bonds. The minimum Gasteiger partial charge on any atom is -0.441 e. The standard InChI is InChI=1S/C14H21N3O/c1-9(2)11(7-15)8-16-12-4-5-14-13(6-12)17-10(3)18-14/h4-6,9,11,16H,7-8,15H2,1-3H3. The van der Waals surface area contributed by atoms with Crippen molar-refractivity contribution in [1.29, 1.82) is 0 Å². The van der Waals surface area contributed by atoms with E-state index in [-0.39, 0.29) is 0 Å². The summed E-state index contributed by atoms with van der Waals surface area (Å²) in [7, 11) is 0. The number of aromatic nitrogens is 1. The monoisotopic (exact) mass is 247 g/mol. The van der Waals surface area contributed by atoms with Crippen LogP contribution >= 0.6 is 0 Å². The van der Waals surface area contributed by atoms with E-state index in [1.165, 1.54) is 0 Å². The first-order chi connectivity index (χ1) is 8.60. The second-order valence-corrected chi connectivity index (χ2v) is 5.04. The van der Waals surface area contributed by atoms with Crippen molar-refractivity contribution in [1.82, 2.24) is 4.98 Å². The number of benzene rings is 1. The van der Waals surface area contributed by atoms with Gasteiger partial charge < -0.3 is 15.5 Å². The van der Waals surface area contributed by atoms with Gasteiger partial charge in [-0.25, -0.2) is 4.98 Å². The summed E-state index contributed by atoms with van der Waals surface area (Å²) < 4.78 is 5.45. The van der Waals surface area contributed by atoms with Crippen molar-refractivity contribution in [2.45, 2.75) is 20.8 Å². The van der Waals surface area contributed by atoms with Gasteiger partial charge in [-0.3, -0.25) is 0 Å². The average Bonchev–Trinajstić information content (AvgIpc) is 2.68. The molecule has 0 aliphatic heterocycles. The SMILES string of the molecule is Cc1nc2cc(NCC(CN)C(C)C)ccc2o1. The molecule has 1 aromatic heterocycles. The summed E-state index contributed by atoms with van der Waals surface area (Å²) in [5, 5.41) is 3.42. The van der Waals surface area contributed by atoms with Gasteiger partial charge in [0.15, 0.2) is 11.5 Å². The van der Waals surface area contributed by atoms with Gasteiger partial charge in [-0.05, 0) is 36.6 Å². The Morgan fingerprint density at radius 2 is 2.17 bits per heavy atom. The topological polar surface area (TPSA) is 64.1 Å². The Morgan fingerprint density at radius 3 is 2.83 bits per heavy atom. The van der Waals surface area contributed by atoms with Crippen molar-refractivity contribution in [3.63, 3.8) is 0 Å². The summed E-state index contributed by atoms with van der Waals surface area (Å²) in [6, 6.07) is 5.98. The summed E-state index contributed by atoms with van der Waals surface area (Å²) >= 11 is 0. The van der Waals surface area contributed by atoms with Crippen LogP contribution in [0, 0.1) is 18.8 Å². The van der Waals surface area contributed by atoms with E-state index in [9.17, 15) is 0 Å². The van der Waals surface area contributed by atoms with Gasteiger partial charge in [-0.1, -0.05) is 13.8 Å². The van der Waals surface area contributed by atoms with Gasteiger partial charge >= 0.3 is 0 Å². The van der Waals surface area contributed by atoms with Crippen LogP contribution in [0.1, 0.15) is 19.7 Å². The molecule has 1 unspecified atom stereocenters. The molecule has 0 radical (unpaired) electrons. The molecule has 2 aromatic rings. The van der Waals surface area contributed by atoms with Crippen LogP contribution in [0.4, 0.5) is 5.69 Å². The number of nitrogens with one attached hydrogen (secondary N) is 1. The molecule has 0 saturated heterocycles. The molecule has 98 valence electrons. The van der Waals surface area contributed by atoms with E-state index in [0.717, 1.165) is 23.3 Å². The van der Waals surface area contributed by atoms with Gasteiger partial charge in [-0.2, -0.15) is 0 Å². The number of fused-ring (bicyclic) bond motifs is 1. The highest BCUT2D eigenvalue weighted by atomic mass is 16.3. The maximum Gasteiger partial charge on any atom is 0.192 e. The minimum atomic E-state index is 0.486. The van der Waals surface area contributed by atoms with E-state index >= 15 is 0 Å². The fourth-order valence-electron chi connectivity index (χ4n) is 1.99. The normalized spacial score (nSPS) is 13.2. The molecule has 1 aromatic carbocycles. The average molecular weight is 247 g/mol. The number of nitrogens with two attached hydrogens (primary N) is 1. The Hall–Kier alpha value is -1.55. The zero-order valence-electron chi connectivity index (χ0n) is 11.2. The van der Waals surface area contributed by atoms with Crippen LogP contribution in [0.2, 0.25) is 0 Å². The molecule has 4 nitrogen and oxygen atoms in total. The van der Waals surface area contributed by atoms with Gasteiger partial charge in [-0.15, -0.1) is 0 Å². The van der Waals surface area contributed by atoms with Crippen LogP contribution in [0.15, 0.2) is 22.6 Å². The van der Waals surface area contributed by atoms with Gasteiger partial charge in [0, 0.05) is 19.2 Å². The lowest BCUT2D eigenvalue weighted by Crippen LogP contribution is -2.27. The summed E-state index contributed by atoms with van der Waals surface area (Å²) in [6.07, 6.45) is 0. The summed E-state index contributed by atoms with van der Waals surface area (Å²) in [6.45, 7) is 7.84. The highest BCUT2D eigenvalue weighted by Gasteiger charge is 2.11. The number of aryl methyl sites for hydroxylation is 1. The predicted octanol–water partition coefficient (Wildman–Crippen LogP) is 2.78. The number of hydrogen-bond donors (Lipinski definition) is 2. The number of oxazole rings is 1. The molecule has 2 rings (SSSR count). The van der Waals surface area contributed by atoms with E-state index in [4.69, 9.17) is 10.2 Å². The second kappa shape index (κ2) is 5.40. The summed E-state index contributed by atoms with van der Waals surface area (Å²) in [5.41, 5.74) is 8.55. The second-order valence-electron chi connectivity index (χ2n) is 5.04. The van der Waals surface area contributed by atoms with E-state index < -0.39 is 0 Å². The third-order valence-electron chi connectivity index (χ3n) is 3.31. The third kappa shape index (κ3) is 2.82. The highest BCUT2D eigenvalue weighted by Crippen LogP contribution is 2.20. The van der Waals surface area contributed by atoms with Crippen molar-refractivity contribution in [2.24, 2.45) is 17.6 Å². The van der Waals surface area contributed by atoms with Gasteiger partial charge in [0.1, 0.15) is 5.52 Å². The molecule has 1 atom stereocenters. The lowest BCUT2D eigenvalue weighted by atomic mass is 9.96. The summed E-state index contributed by atoms with van der Waals surface area (Å²) in [4.78, 5) is 4.32. The first-order valence-corrected chi connectivity index (χ1v) is 6.41. The molecule has 3 N–H and O–H groups in total. The quantitative estimate of drug-likeness (QED) is 0.852. The first-order valence-electron chi connectivity index (χ1n) is 6.41. The van der Waals surface area contributed by atoms with Crippen LogP contribution in [0.3, 0.4) is 0 Å². The van der Waals surface area contributed by atoms with Crippen molar-refractivity contribution in [3.8, 4) is 0 Å². The van der Waals surface area contributed by atoms with Crippen molar-refractivity contribution >= 4 is 16.8 Å². The zero-order valence-corrected chi connectivity index (χ0v) is 11.2. The molecular weight excluding hydrogens is 226 g/mol. The van der Waals surface area contributed by atoms with Gasteiger partial charge in [0.2, 0.25) is 0 Å². The molecule has 0 aliphatic rings. The van der Waals surface area contributed by atoms with E-state index in [0.29, 0.717) is 24.3 Å². The third-order valence-corrected chi connectivity index (χ3v) is 3.31. The van der Waals surface area contributed by atoms with E-state index in [1.54, 1.807) is 0 Å². The molecule has 0 saturated carbocycles. The molecule has 0 spiro atoms. The smallest absolute Gasteiger partial charge is 0.192 e. The van der Waals surface area contributed by atoms with Crippen LogP contribution < -0.4 is 11.1 Å². The fraction of sp³-hybridized carbons (Fsp3) is 0.500. The Kier molecular flexibility index (Phi) is 3.87. The van der Waals surface area contributed by atoms with Crippen molar-refractivity contribution < 1.29 is 4.42 Å². The number of rotatable bonds is 5. The van der Waals surface area contributed by atoms with Crippen LogP contribution in [-0.2, 0) is 0 Å². The van der Waals surface area contributed by atoms with E-state index in [2.05, 4.69) is 24.1 Å². The van der Waals surface area contributed by atoms with Crippen LogP contribution in [0.5, 0.6) is 0 Å². The molecule has 1 heterocycles. The lowest BCUT2D eigenvalue weighted by molar-refractivity contribution is 0.413. The Bertz CT molecular complexity index is 519. The van der Waals surface area contributed by atoms with E-state index in [1.807, 2.05) is 25.1 Å². The number of anilines is 1. The molecule has 0 bridgehead atoms. The Labute approximate surface area is 108 Å². The molecule has 0 fully saturated rings. The lowest BCUT2D eigenvalue weighted by Gasteiger charge is -2.19. The van der Waals surface area contributed by atoms with Crippen molar-refractivity contribution in [2.75, 3.05) is 18.4 Å². The highest BCUT2D eigenvalue weighted by molar-refractivity contribution is 5.77. The molecule has 18 heavy (non-hydrogen) atoms. The van der Waals surface area contributed by atoms with Crippen LogP contribution in [-0.4, -0.2) is 18.1 Å². The van der Waals surface area contributed by atoms with Crippen molar-refractivity contribution in [3.05, 3.63) is 24.1 Å². The minimum absolute atomic E-state index is 0.486. The molecule has 4 heteroatoms. The first kappa shape index (κ1) is 12.9. The Balaban J connectivity index is 2.07. The zero-order chi connectivity index (χ0) is 13.1. The van der Waals surface area contributed by atoms with Crippen LogP contribution in [0.25, 0.3) is 11.1 Å². The number of nitrogens with zero attached hydrogens (tertiary/aromatic N) is 1. The maximum atomic E-state index is 5.76. The maximum absolute atomic E-state index is 5.76.